The number of ether oxygens (including phenoxy) is 1. The number of phenolic OH excluding ortho intramolecular Hbond substituents is 1. The first-order chi connectivity index (χ1) is 8.76. The lowest BCUT2D eigenvalue weighted by molar-refractivity contribution is 0.408. The Bertz CT molecular complexity index is 673. The number of benzene rings is 2. The summed E-state index contributed by atoms with van der Waals surface area (Å²) in [6.07, 6.45) is 0. The monoisotopic (exact) mass is 257 g/mol. The fourth-order valence-corrected chi connectivity index (χ4v) is 2.77. The first-order valence-corrected chi connectivity index (χ1v) is 6.32. The van der Waals surface area contributed by atoms with Gasteiger partial charge in [-0.2, -0.15) is 0 Å². The van der Waals surface area contributed by atoms with Gasteiger partial charge in [0.05, 0.1) is 17.3 Å². The second kappa shape index (κ2) is 4.31. The standard InChI is InChI=1S/C14H11NO2S/c1-17-11-7-9(6-10(16)8-11)14-15-12-4-2-3-5-13(12)18-14/h2-8,16H,1H3. The van der Waals surface area contributed by atoms with Gasteiger partial charge in [0.15, 0.2) is 0 Å². The van der Waals surface area contributed by atoms with Crippen LogP contribution in [0.25, 0.3) is 20.8 Å². The lowest BCUT2D eigenvalue weighted by Gasteiger charge is -2.03. The summed E-state index contributed by atoms with van der Waals surface area (Å²) in [6.45, 7) is 0. The van der Waals surface area contributed by atoms with E-state index < -0.39 is 0 Å². The average molecular weight is 257 g/mol. The van der Waals surface area contributed by atoms with Crippen molar-refractivity contribution >= 4 is 21.6 Å². The van der Waals surface area contributed by atoms with Crippen molar-refractivity contribution in [3.8, 4) is 22.1 Å². The van der Waals surface area contributed by atoms with Crippen LogP contribution < -0.4 is 4.74 Å². The normalized spacial score (nSPS) is 10.7. The zero-order valence-electron chi connectivity index (χ0n) is 9.75. The molecule has 0 fully saturated rings. The van der Waals surface area contributed by atoms with E-state index in [9.17, 15) is 5.11 Å². The molecule has 3 aromatic rings. The number of hydrogen-bond donors (Lipinski definition) is 1. The molecule has 3 rings (SSSR count). The minimum Gasteiger partial charge on any atom is -0.508 e. The van der Waals surface area contributed by atoms with Crippen LogP contribution in [-0.4, -0.2) is 17.2 Å². The molecule has 0 radical (unpaired) electrons. The molecule has 1 heterocycles. The molecule has 0 unspecified atom stereocenters. The summed E-state index contributed by atoms with van der Waals surface area (Å²) in [5, 5.41) is 10.5. The number of phenols is 1. The molecule has 0 saturated heterocycles. The zero-order valence-corrected chi connectivity index (χ0v) is 10.6. The summed E-state index contributed by atoms with van der Waals surface area (Å²) in [5.74, 6) is 0.813. The van der Waals surface area contributed by atoms with Crippen LogP contribution in [0.2, 0.25) is 0 Å². The number of aromatic hydroxyl groups is 1. The summed E-state index contributed by atoms with van der Waals surface area (Å²) in [7, 11) is 1.58. The van der Waals surface area contributed by atoms with Crippen LogP contribution >= 0.6 is 11.3 Å². The van der Waals surface area contributed by atoms with Gasteiger partial charge in [0.1, 0.15) is 16.5 Å². The van der Waals surface area contributed by atoms with Crippen LogP contribution in [0.15, 0.2) is 42.5 Å². The molecule has 3 nitrogen and oxygen atoms in total. The van der Waals surface area contributed by atoms with E-state index in [2.05, 4.69) is 4.98 Å². The third-order valence-corrected chi connectivity index (χ3v) is 3.75. The molecule has 0 saturated carbocycles. The van der Waals surface area contributed by atoms with Crippen molar-refractivity contribution < 1.29 is 9.84 Å². The Morgan fingerprint density at radius 3 is 2.78 bits per heavy atom. The second-order valence-electron chi connectivity index (χ2n) is 3.91. The Labute approximate surface area is 108 Å². The van der Waals surface area contributed by atoms with E-state index in [4.69, 9.17) is 4.74 Å². The van der Waals surface area contributed by atoms with Crippen LogP contribution in [0.1, 0.15) is 0 Å². The third-order valence-electron chi connectivity index (χ3n) is 2.67. The Balaban J connectivity index is 2.16. The molecule has 2 aromatic carbocycles. The second-order valence-corrected chi connectivity index (χ2v) is 4.94. The van der Waals surface area contributed by atoms with Gasteiger partial charge in [-0.15, -0.1) is 11.3 Å². The van der Waals surface area contributed by atoms with Gasteiger partial charge >= 0.3 is 0 Å². The van der Waals surface area contributed by atoms with Gasteiger partial charge in [0, 0.05) is 11.6 Å². The summed E-state index contributed by atoms with van der Waals surface area (Å²) in [5.41, 5.74) is 1.84. The summed E-state index contributed by atoms with van der Waals surface area (Å²) >= 11 is 1.60. The van der Waals surface area contributed by atoms with Gasteiger partial charge in [-0.05, 0) is 24.3 Å². The molecular formula is C14H11NO2S. The molecule has 0 aliphatic rings. The quantitative estimate of drug-likeness (QED) is 0.761. The Morgan fingerprint density at radius 1 is 1.17 bits per heavy atom. The predicted octanol–water partition coefficient (Wildman–Crippen LogP) is 3.68. The maximum Gasteiger partial charge on any atom is 0.124 e. The van der Waals surface area contributed by atoms with Crippen LogP contribution in [0.4, 0.5) is 0 Å². The van der Waals surface area contributed by atoms with Gasteiger partial charge < -0.3 is 9.84 Å². The van der Waals surface area contributed by atoms with Crippen LogP contribution in [0.5, 0.6) is 11.5 Å². The van der Waals surface area contributed by atoms with Crippen molar-refractivity contribution in [2.24, 2.45) is 0 Å². The largest absolute Gasteiger partial charge is 0.508 e. The van der Waals surface area contributed by atoms with Gasteiger partial charge in [-0.1, -0.05) is 12.1 Å². The minimum absolute atomic E-state index is 0.184. The predicted molar refractivity (Wildman–Crippen MR) is 73.3 cm³/mol. The lowest BCUT2D eigenvalue weighted by Crippen LogP contribution is -1.84. The Hall–Kier alpha value is -2.07. The Morgan fingerprint density at radius 2 is 2.00 bits per heavy atom. The number of rotatable bonds is 2. The maximum atomic E-state index is 9.66. The summed E-state index contributed by atoms with van der Waals surface area (Å²) in [6, 6.07) is 13.1. The van der Waals surface area contributed by atoms with Crippen molar-refractivity contribution in [2.45, 2.75) is 0 Å². The van der Waals surface area contributed by atoms with Gasteiger partial charge in [-0.25, -0.2) is 4.98 Å². The zero-order chi connectivity index (χ0) is 12.5. The van der Waals surface area contributed by atoms with Crippen molar-refractivity contribution in [3.05, 3.63) is 42.5 Å². The molecule has 0 bridgehead atoms. The number of nitrogens with zero attached hydrogens (tertiary/aromatic N) is 1. The van der Waals surface area contributed by atoms with Crippen LogP contribution in [0.3, 0.4) is 0 Å². The fraction of sp³-hybridized carbons (Fsp3) is 0.0714. The first-order valence-electron chi connectivity index (χ1n) is 5.50. The average Bonchev–Trinajstić information content (AvgIpc) is 2.81. The molecule has 4 heteroatoms. The van der Waals surface area contributed by atoms with E-state index in [1.54, 1.807) is 30.6 Å². The number of aromatic nitrogens is 1. The smallest absolute Gasteiger partial charge is 0.124 e. The first kappa shape index (κ1) is 11.0. The van der Waals surface area contributed by atoms with Gasteiger partial charge in [-0.3, -0.25) is 0 Å². The van der Waals surface area contributed by atoms with E-state index >= 15 is 0 Å². The highest BCUT2D eigenvalue weighted by Crippen LogP contribution is 2.34. The van der Waals surface area contributed by atoms with E-state index in [1.807, 2.05) is 30.3 Å². The summed E-state index contributed by atoms with van der Waals surface area (Å²) < 4.78 is 6.28. The van der Waals surface area contributed by atoms with Crippen molar-refractivity contribution in [1.29, 1.82) is 0 Å². The number of methoxy groups -OCH3 is 1. The SMILES string of the molecule is COc1cc(O)cc(-c2nc3ccccc3s2)c1. The molecule has 1 N–H and O–H groups in total. The van der Waals surface area contributed by atoms with E-state index in [0.717, 1.165) is 20.8 Å². The van der Waals surface area contributed by atoms with Gasteiger partial charge in [0.25, 0.3) is 0 Å². The molecule has 1 aromatic heterocycles. The molecule has 90 valence electrons. The highest BCUT2D eigenvalue weighted by Gasteiger charge is 2.08. The number of hydrogen-bond acceptors (Lipinski definition) is 4. The molecule has 0 atom stereocenters. The van der Waals surface area contributed by atoms with Crippen molar-refractivity contribution in [3.63, 3.8) is 0 Å². The number of thiazole rings is 1. The molecular weight excluding hydrogens is 246 g/mol. The van der Waals surface area contributed by atoms with Gasteiger partial charge in [0.2, 0.25) is 0 Å². The number of fused-ring (bicyclic) bond motifs is 1. The third kappa shape index (κ3) is 1.91. The van der Waals surface area contributed by atoms with E-state index in [0.29, 0.717) is 5.75 Å². The molecule has 0 aliphatic carbocycles. The lowest BCUT2D eigenvalue weighted by atomic mass is 10.2. The van der Waals surface area contributed by atoms with Crippen LogP contribution in [0, 0.1) is 0 Å². The minimum atomic E-state index is 0.184. The van der Waals surface area contributed by atoms with Crippen molar-refractivity contribution in [1.82, 2.24) is 4.98 Å². The molecule has 0 spiro atoms. The van der Waals surface area contributed by atoms with Crippen molar-refractivity contribution in [2.75, 3.05) is 7.11 Å². The molecule has 18 heavy (non-hydrogen) atoms. The maximum absolute atomic E-state index is 9.66. The highest BCUT2D eigenvalue weighted by atomic mass is 32.1. The van der Waals surface area contributed by atoms with E-state index in [-0.39, 0.29) is 5.75 Å². The topological polar surface area (TPSA) is 42.4 Å². The Kier molecular flexibility index (Phi) is 2.64. The number of para-hydroxylation sites is 1. The summed E-state index contributed by atoms with van der Waals surface area (Å²) in [4.78, 5) is 4.55. The molecule has 0 aliphatic heterocycles. The van der Waals surface area contributed by atoms with Crippen LogP contribution in [-0.2, 0) is 0 Å². The highest BCUT2D eigenvalue weighted by molar-refractivity contribution is 7.21. The fourth-order valence-electron chi connectivity index (χ4n) is 1.82. The van der Waals surface area contributed by atoms with E-state index in [1.165, 1.54) is 0 Å². The molecule has 0 amide bonds.